The van der Waals surface area contributed by atoms with Gasteiger partial charge in [0.05, 0.1) is 18.8 Å². The second kappa shape index (κ2) is 7.53. The highest BCUT2D eigenvalue weighted by atomic mass is 19.1. The lowest BCUT2D eigenvalue weighted by atomic mass is 9.82. The van der Waals surface area contributed by atoms with E-state index in [2.05, 4.69) is 0 Å². The van der Waals surface area contributed by atoms with Crippen molar-refractivity contribution in [2.75, 3.05) is 19.8 Å². The second-order valence-corrected chi connectivity index (χ2v) is 7.71. The van der Waals surface area contributed by atoms with Crippen LogP contribution in [-0.4, -0.2) is 48.8 Å². The molecule has 4 aliphatic rings. The Kier molecular flexibility index (Phi) is 5.14. The molecule has 6 heteroatoms. The normalized spacial score (nSPS) is 32.5. The van der Waals surface area contributed by atoms with Crippen molar-refractivity contribution >= 4 is 5.91 Å². The molecule has 5 rings (SSSR count). The van der Waals surface area contributed by atoms with E-state index in [9.17, 15) is 9.18 Å². The standard InChI is InChI=1S/C20H27FN2O3/c21-15-3-1-5-18-20(15)13-6-8-14(9-7-13)25-11-17-16(22)4-2-10-23(17)19(24)12-26-18/h1,3,5,13-14,16-17H,2,4,6-12,22H2/t13?,14?,16-,17-/m0/s1. The summed E-state index contributed by atoms with van der Waals surface area (Å²) < 4.78 is 26.5. The third-order valence-electron chi connectivity index (χ3n) is 6.10. The van der Waals surface area contributed by atoms with Gasteiger partial charge in [-0.3, -0.25) is 4.79 Å². The number of carbonyl (C=O) groups excluding carboxylic acids is 1. The zero-order valence-corrected chi connectivity index (χ0v) is 15.0. The van der Waals surface area contributed by atoms with E-state index in [0.29, 0.717) is 24.5 Å². The average molecular weight is 362 g/mol. The number of hydrogen-bond donors (Lipinski definition) is 1. The fourth-order valence-electron chi connectivity index (χ4n) is 4.62. The van der Waals surface area contributed by atoms with Crippen molar-refractivity contribution in [1.82, 2.24) is 4.90 Å². The van der Waals surface area contributed by atoms with E-state index >= 15 is 0 Å². The minimum Gasteiger partial charge on any atom is -0.483 e. The molecule has 5 nitrogen and oxygen atoms in total. The molecule has 26 heavy (non-hydrogen) atoms. The van der Waals surface area contributed by atoms with Crippen LogP contribution in [0.15, 0.2) is 18.2 Å². The van der Waals surface area contributed by atoms with Gasteiger partial charge in [0, 0.05) is 18.2 Å². The van der Waals surface area contributed by atoms with E-state index in [-0.39, 0.29) is 42.4 Å². The maximum atomic E-state index is 14.5. The summed E-state index contributed by atoms with van der Waals surface area (Å²) in [5.41, 5.74) is 6.91. The van der Waals surface area contributed by atoms with Gasteiger partial charge in [0.2, 0.25) is 0 Å². The van der Waals surface area contributed by atoms with Gasteiger partial charge in [0.25, 0.3) is 5.91 Å². The molecule has 2 N–H and O–H groups in total. The molecule has 1 amide bonds. The first-order valence-electron chi connectivity index (χ1n) is 9.71. The van der Waals surface area contributed by atoms with Gasteiger partial charge in [-0.15, -0.1) is 0 Å². The van der Waals surface area contributed by atoms with E-state index in [1.807, 2.05) is 0 Å². The van der Waals surface area contributed by atoms with Crippen LogP contribution in [0, 0.1) is 5.82 Å². The van der Waals surface area contributed by atoms with Crippen LogP contribution in [0.3, 0.4) is 0 Å². The molecular weight excluding hydrogens is 335 g/mol. The Morgan fingerprint density at radius 1 is 1.15 bits per heavy atom. The van der Waals surface area contributed by atoms with E-state index in [4.69, 9.17) is 15.2 Å². The van der Waals surface area contributed by atoms with Gasteiger partial charge in [0.15, 0.2) is 6.61 Å². The number of hydrogen-bond acceptors (Lipinski definition) is 4. The summed E-state index contributed by atoms with van der Waals surface area (Å²) in [6.45, 7) is 1.06. The molecule has 3 heterocycles. The molecule has 0 unspecified atom stereocenters. The smallest absolute Gasteiger partial charge is 0.260 e. The SMILES string of the molecule is N[C@H]1CCCN2C(=O)COc3cccc(F)c3C3CCC(CC3)OC[C@@H]12. The van der Waals surface area contributed by atoms with Crippen molar-refractivity contribution in [3.63, 3.8) is 0 Å². The lowest BCUT2D eigenvalue weighted by molar-refractivity contribution is -0.140. The first-order chi connectivity index (χ1) is 12.6. The van der Waals surface area contributed by atoms with Gasteiger partial charge in [-0.2, -0.15) is 0 Å². The molecule has 1 saturated heterocycles. The zero-order chi connectivity index (χ0) is 18.1. The molecule has 0 radical (unpaired) electrons. The van der Waals surface area contributed by atoms with Crippen molar-refractivity contribution in [3.05, 3.63) is 29.6 Å². The Morgan fingerprint density at radius 3 is 2.77 bits per heavy atom. The van der Waals surface area contributed by atoms with Gasteiger partial charge in [-0.05, 0) is 56.6 Å². The Labute approximate surface area is 153 Å². The Balaban J connectivity index is 1.64. The summed E-state index contributed by atoms with van der Waals surface area (Å²) in [5.74, 6) is 0.272. The summed E-state index contributed by atoms with van der Waals surface area (Å²) in [6.07, 6.45) is 5.49. The number of amides is 1. The summed E-state index contributed by atoms with van der Waals surface area (Å²) in [6, 6.07) is 4.72. The first-order valence-corrected chi connectivity index (χ1v) is 9.71. The summed E-state index contributed by atoms with van der Waals surface area (Å²) >= 11 is 0. The lowest BCUT2D eigenvalue weighted by Crippen LogP contribution is -2.57. The van der Waals surface area contributed by atoms with Crippen LogP contribution in [-0.2, 0) is 9.53 Å². The highest BCUT2D eigenvalue weighted by molar-refractivity contribution is 5.78. The Bertz CT molecular complexity index is 660. The van der Waals surface area contributed by atoms with E-state index in [1.165, 1.54) is 6.07 Å². The maximum Gasteiger partial charge on any atom is 0.260 e. The van der Waals surface area contributed by atoms with Crippen LogP contribution in [0.2, 0.25) is 0 Å². The van der Waals surface area contributed by atoms with Crippen LogP contribution < -0.4 is 10.5 Å². The van der Waals surface area contributed by atoms with Crippen molar-refractivity contribution in [2.24, 2.45) is 5.73 Å². The van der Waals surface area contributed by atoms with Gasteiger partial charge in [0.1, 0.15) is 11.6 Å². The lowest BCUT2D eigenvalue weighted by Gasteiger charge is -2.40. The number of rotatable bonds is 0. The summed E-state index contributed by atoms with van der Waals surface area (Å²) in [5, 5.41) is 0. The number of benzene rings is 1. The molecule has 3 aliphatic heterocycles. The summed E-state index contributed by atoms with van der Waals surface area (Å²) in [7, 11) is 0. The molecule has 2 bridgehead atoms. The Hall–Kier alpha value is -1.66. The number of halogens is 1. The minimum atomic E-state index is -0.243. The summed E-state index contributed by atoms with van der Waals surface area (Å²) in [4.78, 5) is 14.6. The number of nitrogens with zero attached hydrogens (tertiary/aromatic N) is 1. The highest BCUT2D eigenvalue weighted by Gasteiger charge is 2.35. The van der Waals surface area contributed by atoms with Crippen molar-refractivity contribution in [2.45, 2.75) is 62.6 Å². The maximum absolute atomic E-state index is 14.5. The molecule has 1 saturated carbocycles. The number of piperidine rings is 1. The quantitative estimate of drug-likeness (QED) is 0.770. The van der Waals surface area contributed by atoms with Gasteiger partial charge < -0.3 is 20.1 Å². The second-order valence-electron chi connectivity index (χ2n) is 7.71. The number of ether oxygens (including phenoxy) is 2. The van der Waals surface area contributed by atoms with Crippen LogP contribution >= 0.6 is 0 Å². The van der Waals surface area contributed by atoms with E-state index in [1.54, 1.807) is 17.0 Å². The third kappa shape index (κ3) is 3.45. The molecule has 0 spiro atoms. The number of nitrogens with two attached hydrogens (primary N) is 1. The van der Waals surface area contributed by atoms with Crippen LogP contribution in [0.4, 0.5) is 4.39 Å². The largest absolute Gasteiger partial charge is 0.483 e. The monoisotopic (exact) mass is 362 g/mol. The van der Waals surface area contributed by atoms with Gasteiger partial charge >= 0.3 is 0 Å². The third-order valence-corrected chi connectivity index (χ3v) is 6.10. The predicted molar refractivity (Wildman–Crippen MR) is 95.6 cm³/mol. The highest BCUT2D eigenvalue weighted by Crippen LogP contribution is 2.40. The van der Waals surface area contributed by atoms with Gasteiger partial charge in [-0.25, -0.2) is 4.39 Å². The molecule has 2 atom stereocenters. The fourth-order valence-corrected chi connectivity index (χ4v) is 4.62. The van der Waals surface area contributed by atoms with Crippen LogP contribution in [0.25, 0.3) is 0 Å². The molecule has 142 valence electrons. The van der Waals surface area contributed by atoms with Crippen LogP contribution in [0.5, 0.6) is 5.75 Å². The van der Waals surface area contributed by atoms with E-state index in [0.717, 1.165) is 38.5 Å². The average Bonchev–Trinajstić information content (AvgIpc) is 2.66. The molecule has 0 aromatic heterocycles. The van der Waals surface area contributed by atoms with Crippen molar-refractivity contribution in [3.8, 4) is 5.75 Å². The Morgan fingerprint density at radius 2 is 1.96 bits per heavy atom. The van der Waals surface area contributed by atoms with Crippen LogP contribution in [0.1, 0.15) is 50.0 Å². The fraction of sp³-hybridized carbons (Fsp3) is 0.650. The first kappa shape index (κ1) is 17.7. The molecule has 1 aromatic carbocycles. The van der Waals surface area contributed by atoms with Crippen molar-refractivity contribution < 1.29 is 18.7 Å². The molecular formula is C20H27FN2O3. The number of carbonyl (C=O) groups is 1. The van der Waals surface area contributed by atoms with Crippen molar-refractivity contribution in [1.29, 1.82) is 0 Å². The van der Waals surface area contributed by atoms with E-state index < -0.39 is 0 Å². The molecule has 2 fully saturated rings. The molecule has 1 aromatic rings. The number of fused-ring (bicyclic) bond motifs is 5. The predicted octanol–water partition coefficient (Wildman–Crippen LogP) is 2.58. The topological polar surface area (TPSA) is 64.8 Å². The molecule has 1 aliphatic carbocycles. The minimum absolute atomic E-state index is 0.0705. The van der Waals surface area contributed by atoms with Gasteiger partial charge in [-0.1, -0.05) is 6.07 Å². The zero-order valence-electron chi connectivity index (χ0n) is 15.0.